The Kier molecular flexibility index (Phi) is 16.8. The molecule has 0 aliphatic carbocycles. The molecule has 45 heavy (non-hydrogen) atoms. The number of carbonyl (C=O) groups is 2. The maximum Gasteiger partial charge on any atom is 0.243 e. The molecule has 2 aromatic rings. The monoisotopic (exact) mass is 664 g/mol. The van der Waals surface area contributed by atoms with E-state index in [9.17, 15) is 26.4 Å². The Morgan fingerprint density at radius 3 is 1.09 bits per heavy atom. The largest absolute Gasteiger partial charge is 0.326 e. The van der Waals surface area contributed by atoms with E-state index in [0.717, 1.165) is 57.8 Å². The molecule has 0 aliphatic heterocycles. The molecule has 0 saturated heterocycles. The number of nitrogens with zero attached hydrogens (tertiary/aromatic N) is 2. The van der Waals surface area contributed by atoms with E-state index in [1.54, 1.807) is 24.3 Å². The highest BCUT2D eigenvalue weighted by Crippen LogP contribution is 2.21. The molecule has 0 saturated carbocycles. The maximum atomic E-state index is 12.9. The lowest BCUT2D eigenvalue weighted by Gasteiger charge is -2.21. The topological polar surface area (TPSA) is 133 Å². The summed E-state index contributed by atoms with van der Waals surface area (Å²) in [5, 5.41) is 5.66. The van der Waals surface area contributed by atoms with Crippen molar-refractivity contribution < 1.29 is 26.4 Å². The van der Waals surface area contributed by atoms with E-state index < -0.39 is 20.0 Å². The standard InChI is InChI=1S/C33H52N4O6S2/c1-5-24-36(25-6-2)44(40,41)30-20-16-28(17-21-30)34-32(38)14-12-10-9-11-13-15-33(39)35-29-18-22-31(23-19-29)45(42,43)37(26-7-3)27-8-4/h16-23H,5-15,24-27H2,1-4H3,(H,34,38)(H,35,39). The minimum atomic E-state index is -3.56. The highest BCUT2D eigenvalue weighted by atomic mass is 32.2. The first-order valence-electron chi connectivity index (χ1n) is 16.3. The number of hydrogen-bond acceptors (Lipinski definition) is 6. The van der Waals surface area contributed by atoms with E-state index in [1.165, 1.54) is 32.9 Å². The molecule has 0 bridgehead atoms. The lowest BCUT2D eigenvalue weighted by atomic mass is 10.1. The van der Waals surface area contributed by atoms with Crippen LogP contribution in [0.3, 0.4) is 0 Å². The molecule has 0 heterocycles. The summed E-state index contributed by atoms with van der Waals surface area (Å²) in [5.74, 6) is -0.239. The summed E-state index contributed by atoms with van der Waals surface area (Å²) in [6.45, 7) is 9.71. The molecular formula is C33H52N4O6S2. The van der Waals surface area contributed by atoms with Crippen LogP contribution in [-0.2, 0) is 29.6 Å². The Morgan fingerprint density at radius 2 is 0.800 bits per heavy atom. The van der Waals surface area contributed by atoms with Gasteiger partial charge in [0, 0.05) is 50.4 Å². The molecule has 0 aromatic heterocycles. The molecule has 0 atom stereocenters. The van der Waals surface area contributed by atoms with Crippen LogP contribution in [0.15, 0.2) is 58.3 Å². The van der Waals surface area contributed by atoms with Crippen LogP contribution in [0.4, 0.5) is 11.4 Å². The predicted octanol–water partition coefficient (Wildman–Crippen LogP) is 6.62. The van der Waals surface area contributed by atoms with Gasteiger partial charge in [-0.15, -0.1) is 0 Å². The molecular weight excluding hydrogens is 613 g/mol. The lowest BCUT2D eigenvalue weighted by Crippen LogP contribution is -2.32. The summed E-state index contributed by atoms with van der Waals surface area (Å²) in [5.41, 5.74) is 1.13. The van der Waals surface area contributed by atoms with Crippen molar-refractivity contribution in [2.75, 3.05) is 36.8 Å². The molecule has 2 N–H and O–H groups in total. The molecule has 0 spiro atoms. The Bertz CT molecular complexity index is 1280. The molecule has 252 valence electrons. The highest BCUT2D eigenvalue weighted by molar-refractivity contribution is 7.89. The summed E-state index contributed by atoms with van der Waals surface area (Å²) in [6.07, 6.45) is 7.76. The third-order valence-corrected chi connectivity index (χ3v) is 11.1. The first-order chi connectivity index (χ1) is 21.5. The molecule has 10 nitrogen and oxygen atoms in total. The number of benzene rings is 2. The maximum absolute atomic E-state index is 12.9. The van der Waals surface area contributed by atoms with Crippen LogP contribution in [0.2, 0.25) is 0 Å². The van der Waals surface area contributed by atoms with Gasteiger partial charge in [0.15, 0.2) is 0 Å². The van der Waals surface area contributed by atoms with E-state index in [-0.39, 0.29) is 21.6 Å². The predicted molar refractivity (Wildman–Crippen MR) is 181 cm³/mol. The number of hydrogen-bond donors (Lipinski definition) is 2. The van der Waals surface area contributed by atoms with Crippen molar-refractivity contribution in [1.29, 1.82) is 0 Å². The molecule has 2 amide bonds. The van der Waals surface area contributed by atoms with Gasteiger partial charge in [-0.25, -0.2) is 16.8 Å². The fourth-order valence-corrected chi connectivity index (χ4v) is 8.22. The SMILES string of the molecule is CCCN(CCC)S(=O)(=O)c1ccc(NC(=O)CCCCCCCC(=O)Nc2ccc(S(=O)(=O)N(CCC)CCC)cc2)cc1. The fraction of sp³-hybridized carbons (Fsp3) is 0.576. The number of sulfonamides is 2. The van der Waals surface area contributed by atoms with Gasteiger partial charge in [-0.05, 0) is 87.1 Å². The first kappa shape index (κ1) is 38.4. The van der Waals surface area contributed by atoms with Gasteiger partial charge in [0.05, 0.1) is 9.79 Å². The Hall–Kier alpha value is -2.80. The minimum Gasteiger partial charge on any atom is -0.326 e. The fourth-order valence-electron chi connectivity index (χ4n) is 4.97. The number of nitrogens with one attached hydrogen (secondary N) is 2. The van der Waals surface area contributed by atoms with Gasteiger partial charge in [-0.3, -0.25) is 9.59 Å². The number of rotatable bonds is 22. The molecule has 2 rings (SSSR count). The van der Waals surface area contributed by atoms with Crippen LogP contribution in [0, 0.1) is 0 Å². The Balaban J connectivity index is 1.67. The smallest absolute Gasteiger partial charge is 0.243 e. The van der Waals surface area contributed by atoms with Gasteiger partial charge in [0.2, 0.25) is 31.9 Å². The normalized spacial score (nSPS) is 12.0. The van der Waals surface area contributed by atoms with Crippen molar-refractivity contribution >= 4 is 43.2 Å². The lowest BCUT2D eigenvalue weighted by molar-refractivity contribution is -0.117. The van der Waals surface area contributed by atoms with E-state index in [1.807, 2.05) is 27.7 Å². The molecule has 0 radical (unpaired) electrons. The zero-order valence-corrected chi connectivity index (χ0v) is 29.0. The average molecular weight is 665 g/mol. The van der Waals surface area contributed by atoms with Gasteiger partial charge < -0.3 is 10.6 Å². The molecule has 0 unspecified atom stereocenters. The van der Waals surface area contributed by atoms with Crippen molar-refractivity contribution in [1.82, 2.24) is 8.61 Å². The van der Waals surface area contributed by atoms with Crippen LogP contribution >= 0.6 is 0 Å². The van der Waals surface area contributed by atoms with Crippen molar-refractivity contribution in [2.24, 2.45) is 0 Å². The van der Waals surface area contributed by atoms with Crippen LogP contribution in [0.5, 0.6) is 0 Å². The van der Waals surface area contributed by atoms with Crippen LogP contribution < -0.4 is 10.6 Å². The second-order valence-electron chi connectivity index (χ2n) is 11.2. The zero-order valence-electron chi connectivity index (χ0n) is 27.4. The van der Waals surface area contributed by atoms with E-state index in [0.29, 0.717) is 50.4 Å². The van der Waals surface area contributed by atoms with Crippen LogP contribution in [0.1, 0.15) is 98.3 Å². The third-order valence-electron chi connectivity index (χ3n) is 7.25. The summed E-state index contributed by atoms with van der Waals surface area (Å²) in [6, 6.07) is 12.6. The second-order valence-corrected chi connectivity index (χ2v) is 15.1. The Labute approximate surface area is 271 Å². The summed E-state index contributed by atoms with van der Waals surface area (Å²) < 4.78 is 54.6. The van der Waals surface area contributed by atoms with E-state index in [2.05, 4.69) is 10.6 Å². The van der Waals surface area contributed by atoms with Gasteiger partial charge in [-0.1, -0.05) is 47.0 Å². The van der Waals surface area contributed by atoms with Crippen LogP contribution in [0.25, 0.3) is 0 Å². The van der Waals surface area contributed by atoms with E-state index in [4.69, 9.17) is 0 Å². The second kappa shape index (κ2) is 19.7. The third kappa shape index (κ3) is 12.5. The van der Waals surface area contributed by atoms with Crippen molar-refractivity contribution in [3.8, 4) is 0 Å². The quantitative estimate of drug-likeness (QED) is 0.136. The molecule has 0 aliphatic rings. The summed E-state index contributed by atoms with van der Waals surface area (Å²) in [7, 11) is -7.11. The van der Waals surface area contributed by atoms with Gasteiger partial charge in [0.1, 0.15) is 0 Å². The molecule has 12 heteroatoms. The van der Waals surface area contributed by atoms with Crippen molar-refractivity contribution in [3.05, 3.63) is 48.5 Å². The van der Waals surface area contributed by atoms with Crippen molar-refractivity contribution in [2.45, 2.75) is 108 Å². The van der Waals surface area contributed by atoms with Gasteiger partial charge in [-0.2, -0.15) is 8.61 Å². The van der Waals surface area contributed by atoms with Gasteiger partial charge in [0.25, 0.3) is 0 Å². The van der Waals surface area contributed by atoms with E-state index >= 15 is 0 Å². The summed E-state index contributed by atoms with van der Waals surface area (Å²) in [4.78, 5) is 25.2. The van der Waals surface area contributed by atoms with Crippen molar-refractivity contribution in [3.63, 3.8) is 0 Å². The van der Waals surface area contributed by atoms with Gasteiger partial charge >= 0.3 is 0 Å². The number of carbonyl (C=O) groups excluding carboxylic acids is 2. The number of amides is 2. The summed E-state index contributed by atoms with van der Waals surface area (Å²) >= 11 is 0. The number of unbranched alkanes of at least 4 members (excludes halogenated alkanes) is 4. The zero-order chi connectivity index (χ0) is 33.3. The first-order valence-corrected chi connectivity index (χ1v) is 19.2. The number of anilines is 2. The molecule has 2 aromatic carbocycles. The molecule has 0 fully saturated rings. The minimum absolute atomic E-state index is 0.120. The van der Waals surface area contributed by atoms with Crippen LogP contribution in [-0.4, -0.2) is 63.4 Å². The average Bonchev–Trinajstić information content (AvgIpc) is 3.01. The highest BCUT2D eigenvalue weighted by Gasteiger charge is 2.24. The Morgan fingerprint density at radius 1 is 0.511 bits per heavy atom.